The molecular formula is C12H13Cl2N3O2. The summed E-state index contributed by atoms with van der Waals surface area (Å²) in [5.74, 6) is 0.284. The molecule has 2 aromatic rings. The van der Waals surface area contributed by atoms with Crippen LogP contribution in [0.15, 0.2) is 12.1 Å². The standard InChI is InChI=1S/C12H13Cl2N3O2/c13-5-3-7-9(4-6(5)14)17(12(15)16-7)8-1-2-10(18)11(8)19/h3-4,8,10-11,18-19H,1-2H2,(H2,15,16). The molecule has 4 N–H and O–H groups in total. The number of nitrogens with two attached hydrogens (primary N) is 1. The van der Waals surface area contributed by atoms with Crippen molar-refractivity contribution in [2.24, 2.45) is 0 Å². The van der Waals surface area contributed by atoms with Crippen LogP contribution in [0.2, 0.25) is 10.0 Å². The average molecular weight is 302 g/mol. The highest BCUT2D eigenvalue weighted by molar-refractivity contribution is 6.42. The number of nitrogen functional groups attached to an aromatic ring is 1. The number of benzene rings is 1. The molecule has 1 saturated carbocycles. The fourth-order valence-electron chi connectivity index (χ4n) is 2.68. The second-order valence-corrected chi connectivity index (χ2v) is 5.61. The summed E-state index contributed by atoms with van der Waals surface area (Å²) in [6.07, 6.45) is -0.413. The lowest BCUT2D eigenvalue weighted by Gasteiger charge is -2.20. The molecule has 0 bridgehead atoms. The second kappa shape index (κ2) is 4.52. The summed E-state index contributed by atoms with van der Waals surface area (Å²) in [4.78, 5) is 4.22. The smallest absolute Gasteiger partial charge is 0.201 e. The van der Waals surface area contributed by atoms with E-state index in [4.69, 9.17) is 28.9 Å². The summed E-state index contributed by atoms with van der Waals surface area (Å²) in [6, 6.07) is 3.03. The Hall–Kier alpha value is -1.01. The number of anilines is 1. The molecule has 1 aromatic carbocycles. The molecule has 0 radical (unpaired) electrons. The lowest BCUT2D eigenvalue weighted by molar-refractivity contribution is 0.0246. The van der Waals surface area contributed by atoms with Gasteiger partial charge in [-0.1, -0.05) is 23.2 Å². The molecule has 19 heavy (non-hydrogen) atoms. The van der Waals surface area contributed by atoms with E-state index in [0.29, 0.717) is 33.9 Å². The molecule has 7 heteroatoms. The van der Waals surface area contributed by atoms with E-state index in [9.17, 15) is 10.2 Å². The van der Waals surface area contributed by atoms with Crippen molar-refractivity contribution in [2.75, 3.05) is 5.73 Å². The molecule has 102 valence electrons. The highest BCUT2D eigenvalue weighted by atomic mass is 35.5. The number of fused-ring (bicyclic) bond motifs is 1. The maximum absolute atomic E-state index is 10.0. The summed E-state index contributed by atoms with van der Waals surface area (Å²) in [5, 5.41) is 20.5. The van der Waals surface area contributed by atoms with Crippen LogP contribution in [0.25, 0.3) is 11.0 Å². The van der Waals surface area contributed by atoms with E-state index in [1.54, 1.807) is 16.7 Å². The Bertz CT molecular complexity index is 643. The van der Waals surface area contributed by atoms with Gasteiger partial charge < -0.3 is 20.5 Å². The summed E-state index contributed by atoms with van der Waals surface area (Å²) in [6.45, 7) is 0. The van der Waals surface area contributed by atoms with Crippen molar-refractivity contribution in [1.82, 2.24) is 9.55 Å². The van der Waals surface area contributed by atoms with E-state index >= 15 is 0 Å². The van der Waals surface area contributed by atoms with E-state index in [1.165, 1.54) is 0 Å². The first-order valence-electron chi connectivity index (χ1n) is 5.97. The Labute approximate surface area is 119 Å². The van der Waals surface area contributed by atoms with Crippen molar-refractivity contribution in [3.8, 4) is 0 Å². The van der Waals surface area contributed by atoms with E-state index < -0.39 is 12.2 Å². The van der Waals surface area contributed by atoms with Crippen LogP contribution in [-0.2, 0) is 0 Å². The lowest BCUT2D eigenvalue weighted by Crippen LogP contribution is -2.27. The molecular weight excluding hydrogens is 289 g/mol. The third kappa shape index (κ3) is 1.97. The van der Waals surface area contributed by atoms with Crippen LogP contribution in [0.4, 0.5) is 5.95 Å². The fraction of sp³-hybridized carbons (Fsp3) is 0.417. The molecule has 1 fully saturated rings. The first kappa shape index (κ1) is 13.0. The third-order valence-corrected chi connectivity index (χ3v) is 4.36. The SMILES string of the molecule is Nc1nc2cc(Cl)c(Cl)cc2n1C1CCC(O)C1O. The molecule has 1 aliphatic carbocycles. The number of hydrogen-bond donors (Lipinski definition) is 3. The largest absolute Gasteiger partial charge is 0.390 e. The van der Waals surface area contributed by atoms with Gasteiger partial charge in [-0.05, 0) is 25.0 Å². The van der Waals surface area contributed by atoms with E-state index in [1.807, 2.05) is 0 Å². The zero-order valence-corrected chi connectivity index (χ0v) is 11.4. The van der Waals surface area contributed by atoms with Gasteiger partial charge in [0, 0.05) is 0 Å². The van der Waals surface area contributed by atoms with Gasteiger partial charge >= 0.3 is 0 Å². The molecule has 0 aliphatic heterocycles. The van der Waals surface area contributed by atoms with Crippen LogP contribution < -0.4 is 5.73 Å². The van der Waals surface area contributed by atoms with Crippen molar-refractivity contribution < 1.29 is 10.2 Å². The highest BCUT2D eigenvalue weighted by Crippen LogP contribution is 2.37. The number of halogens is 2. The van der Waals surface area contributed by atoms with Crippen molar-refractivity contribution in [3.63, 3.8) is 0 Å². The van der Waals surface area contributed by atoms with E-state index in [-0.39, 0.29) is 12.0 Å². The maximum atomic E-state index is 10.0. The van der Waals surface area contributed by atoms with Gasteiger partial charge in [-0.2, -0.15) is 0 Å². The number of nitrogens with zero attached hydrogens (tertiary/aromatic N) is 2. The Balaban J connectivity index is 2.18. The molecule has 1 heterocycles. The molecule has 1 aromatic heterocycles. The summed E-state index contributed by atoms with van der Waals surface area (Å²) >= 11 is 12.0. The first-order valence-corrected chi connectivity index (χ1v) is 6.73. The second-order valence-electron chi connectivity index (χ2n) is 4.80. The number of aliphatic hydroxyl groups is 2. The van der Waals surface area contributed by atoms with Crippen molar-refractivity contribution >= 4 is 40.2 Å². The molecule has 1 aliphatic rings. The van der Waals surface area contributed by atoms with Crippen molar-refractivity contribution in [1.29, 1.82) is 0 Å². The van der Waals surface area contributed by atoms with Gasteiger partial charge in [0.15, 0.2) is 0 Å². The predicted octanol–water partition coefficient (Wildman–Crippen LogP) is 1.98. The van der Waals surface area contributed by atoms with Gasteiger partial charge in [-0.15, -0.1) is 0 Å². The molecule has 3 unspecified atom stereocenters. The fourth-order valence-corrected chi connectivity index (χ4v) is 2.99. The van der Waals surface area contributed by atoms with Crippen LogP contribution >= 0.6 is 23.2 Å². The highest BCUT2D eigenvalue weighted by Gasteiger charge is 2.36. The summed E-state index contributed by atoms with van der Waals surface area (Å²) in [7, 11) is 0. The van der Waals surface area contributed by atoms with Gasteiger partial charge in [0.05, 0.1) is 33.2 Å². The van der Waals surface area contributed by atoms with E-state index in [2.05, 4.69) is 4.98 Å². The molecule has 3 rings (SSSR count). The monoisotopic (exact) mass is 301 g/mol. The summed E-state index contributed by atoms with van der Waals surface area (Å²) in [5.41, 5.74) is 7.25. The van der Waals surface area contributed by atoms with Gasteiger partial charge in [-0.25, -0.2) is 4.98 Å². The minimum Gasteiger partial charge on any atom is -0.390 e. The van der Waals surface area contributed by atoms with Gasteiger partial charge in [-0.3, -0.25) is 0 Å². The van der Waals surface area contributed by atoms with Gasteiger partial charge in [0.25, 0.3) is 0 Å². The minimum atomic E-state index is -0.853. The normalized spacial score (nSPS) is 27.3. The molecule has 5 nitrogen and oxygen atoms in total. The van der Waals surface area contributed by atoms with Crippen molar-refractivity contribution in [3.05, 3.63) is 22.2 Å². The zero-order chi connectivity index (χ0) is 13.7. The zero-order valence-electron chi connectivity index (χ0n) is 9.92. The minimum absolute atomic E-state index is 0.284. The first-order chi connectivity index (χ1) is 8.99. The van der Waals surface area contributed by atoms with Gasteiger partial charge in [0.1, 0.15) is 6.10 Å². The maximum Gasteiger partial charge on any atom is 0.201 e. The number of aliphatic hydroxyl groups excluding tert-OH is 2. The van der Waals surface area contributed by atoms with Gasteiger partial charge in [0.2, 0.25) is 5.95 Å². The summed E-state index contributed by atoms with van der Waals surface area (Å²) < 4.78 is 1.72. The van der Waals surface area contributed by atoms with Crippen LogP contribution in [-0.4, -0.2) is 32.0 Å². The van der Waals surface area contributed by atoms with E-state index in [0.717, 1.165) is 0 Å². The van der Waals surface area contributed by atoms with Crippen molar-refractivity contribution in [2.45, 2.75) is 31.1 Å². The Kier molecular flexibility index (Phi) is 3.09. The number of imidazole rings is 1. The Morgan fingerprint density at radius 3 is 2.53 bits per heavy atom. The van der Waals surface area contributed by atoms with Crippen LogP contribution in [0.3, 0.4) is 0 Å². The Morgan fingerprint density at radius 2 is 1.89 bits per heavy atom. The number of aromatic nitrogens is 2. The molecule has 0 saturated heterocycles. The number of rotatable bonds is 1. The molecule has 0 amide bonds. The lowest BCUT2D eigenvalue weighted by atomic mass is 10.2. The van der Waals surface area contributed by atoms with Crippen LogP contribution in [0, 0.1) is 0 Å². The quantitative estimate of drug-likeness (QED) is 0.752. The third-order valence-electron chi connectivity index (χ3n) is 3.64. The average Bonchev–Trinajstić information content (AvgIpc) is 2.82. The molecule has 3 atom stereocenters. The number of hydrogen-bond acceptors (Lipinski definition) is 4. The Morgan fingerprint density at radius 1 is 1.21 bits per heavy atom. The van der Waals surface area contributed by atoms with Crippen LogP contribution in [0.5, 0.6) is 0 Å². The molecule has 0 spiro atoms. The van der Waals surface area contributed by atoms with Crippen LogP contribution in [0.1, 0.15) is 18.9 Å². The predicted molar refractivity (Wildman–Crippen MR) is 74.5 cm³/mol. The topological polar surface area (TPSA) is 84.3 Å².